The van der Waals surface area contributed by atoms with Crippen molar-refractivity contribution >= 4 is 27.7 Å². The van der Waals surface area contributed by atoms with Gasteiger partial charge in [0.05, 0.1) is 17.4 Å². The van der Waals surface area contributed by atoms with E-state index in [0.717, 1.165) is 0 Å². The molecule has 0 bridgehead atoms. The van der Waals surface area contributed by atoms with Crippen molar-refractivity contribution < 1.29 is 22.8 Å². The van der Waals surface area contributed by atoms with E-state index in [4.69, 9.17) is 0 Å². The quantitative estimate of drug-likeness (QED) is 0.759. The molecule has 3 rings (SSSR count). The highest BCUT2D eigenvalue weighted by Crippen LogP contribution is 2.30. The van der Waals surface area contributed by atoms with E-state index in [1.165, 1.54) is 33.7 Å². The Kier molecular flexibility index (Phi) is 5.09. The molecule has 2 aliphatic heterocycles. The van der Waals surface area contributed by atoms with Gasteiger partial charge in [-0.15, -0.1) is 0 Å². The van der Waals surface area contributed by atoms with Crippen LogP contribution in [-0.2, 0) is 10.0 Å². The Bertz CT molecular complexity index is 941. The van der Waals surface area contributed by atoms with Crippen molar-refractivity contribution in [1.82, 2.24) is 14.5 Å². The average Bonchev–Trinajstić information content (AvgIpc) is 2.85. The summed E-state index contributed by atoms with van der Waals surface area (Å²) in [5.41, 5.74) is 0.196. The predicted molar refractivity (Wildman–Crippen MR) is 104 cm³/mol. The molecular weight excluding hydrogens is 382 g/mol. The van der Waals surface area contributed by atoms with Crippen molar-refractivity contribution in [2.75, 3.05) is 19.3 Å². The number of rotatable bonds is 3. The lowest BCUT2D eigenvalue weighted by atomic mass is 10.0. The molecule has 1 aromatic rings. The van der Waals surface area contributed by atoms with Crippen LogP contribution < -0.4 is 5.32 Å². The van der Waals surface area contributed by atoms with Gasteiger partial charge in [-0.1, -0.05) is 0 Å². The van der Waals surface area contributed by atoms with Crippen LogP contribution in [0.1, 0.15) is 64.7 Å². The van der Waals surface area contributed by atoms with Crippen LogP contribution in [-0.4, -0.2) is 66.3 Å². The summed E-state index contributed by atoms with van der Waals surface area (Å²) in [6, 6.07) is 4.38. The number of hydrogen-bond acceptors (Lipinski definition) is 5. The summed E-state index contributed by atoms with van der Waals surface area (Å²) >= 11 is 0. The molecule has 152 valence electrons. The number of benzene rings is 1. The van der Waals surface area contributed by atoms with Gasteiger partial charge in [0.25, 0.3) is 17.7 Å². The van der Waals surface area contributed by atoms with Crippen LogP contribution in [0.5, 0.6) is 0 Å². The van der Waals surface area contributed by atoms with Gasteiger partial charge in [0.15, 0.2) is 0 Å². The molecule has 2 aliphatic rings. The fourth-order valence-corrected chi connectivity index (χ4v) is 4.47. The zero-order chi connectivity index (χ0) is 20.9. The maximum Gasteiger partial charge on any atom is 0.262 e. The van der Waals surface area contributed by atoms with E-state index < -0.39 is 21.5 Å². The largest absolute Gasteiger partial charge is 0.349 e. The van der Waals surface area contributed by atoms with E-state index in [1.54, 1.807) is 20.8 Å². The first kappa shape index (κ1) is 20.5. The molecule has 1 saturated heterocycles. The molecule has 0 radical (unpaired) electrons. The van der Waals surface area contributed by atoms with Gasteiger partial charge in [0, 0.05) is 30.2 Å². The smallest absolute Gasteiger partial charge is 0.262 e. The summed E-state index contributed by atoms with van der Waals surface area (Å²) < 4.78 is 24.5. The lowest BCUT2D eigenvalue weighted by molar-refractivity contribution is 0.0507. The molecule has 3 amide bonds. The molecule has 0 aromatic heterocycles. The first-order chi connectivity index (χ1) is 12.9. The first-order valence-electron chi connectivity index (χ1n) is 9.18. The molecule has 1 fully saturated rings. The molecule has 8 nitrogen and oxygen atoms in total. The third-order valence-electron chi connectivity index (χ3n) is 5.08. The maximum absolute atomic E-state index is 12.7. The molecule has 1 N–H and O–H groups in total. The normalized spacial score (nSPS) is 19.1. The second-order valence-electron chi connectivity index (χ2n) is 8.29. The van der Waals surface area contributed by atoms with E-state index in [1.807, 2.05) is 0 Å². The number of hydrogen-bond donors (Lipinski definition) is 1. The third-order valence-corrected chi connectivity index (χ3v) is 6.38. The van der Waals surface area contributed by atoms with Crippen molar-refractivity contribution in [2.45, 2.75) is 45.2 Å². The van der Waals surface area contributed by atoms with E-state index in [-0.39, 0.29) is 23.4 Å². The van der Waals surface area contributed by atoms with Crippen molar-refractivity contribution in [2.24, 2.45) is 0 Å². The number of carbonyl (C=O) groups is 3. The van der Waals surface area contributed by atoms with E-state index in [9.17, 15) is 22.8 Å². The summed E-state index contributed by atoms with van der Waals surface area (Å²) in [5.74, 6) is -1.09. The molecule has 0 aliphatic carbocycles. The average molecular weight is 407 g/mol. The van der Waals surface area contributed by atoms with Crippen LogP contribution >= 0.6 is 0 Å². The highest BCUT2D eigenvalue weighted by atomic mass is 32.2. The molecule has 0 spiro atoms. The molecule has 0 saturated carbocycles. The molecular formula is C19H25N3O5S. The number of sulfonamides is 1. The van der Waals surface area contributed by atoms with E-state index >= 15 is 0 Å². The fraction of sp³-hybridized carbons (Fsp3) is 0.526. The maximum atomic E-state index is 12.7. The van der Waals surface area contributed by atoms with Crippen molar-refractivity contribution in [3.63, 3.8) is 0 Å². The van der Waals surface area contributed by atoms with Crippen LogP contribution in [0.3, 0.4) is 0 Å². The monoisotopic (exact) mass is 407 g/mol. The second kappa shape index (κ2) is 6.97. The van der Waals surface area contributed by atoms with Gasteiger partial charge in [-0.3, -0.25) is 19.3 Å². The predicted octanol–water partition coefficient (Wildman–Crippen LogP) is 1.23. The van der Waals surface area contributed by atoms with Gasteiger partial charge in [-0.25, -0.2) is 12.7 Å². The van der Waals surface area contributed by atoms with Crippen molar-refractivity contribution in [3.05, 3.63) is 34.9 Å². The number of nitrogens with one attached hydrogen (secondary N) is 1. The Hall–Kier alpha value is -2.26. The number of carbonyl (C=O) groups excluding carboxylic acids is 3. The van der Waals surface area contributed by atoms with Gasteiger partial charge in [-0.2, -0.15) is 0 Å². The Labute approximate surface area is 164 Å². The van der Waals surface area contributed by atoms with Gasteiger partial charge < -0.3 is 5.32 Å². The Balaban J connectivity index is 1.72. The van der Waals surface area contributed by atoms with Crippen LogP contribution in [0.4, 0.5) is 0 Å². The molecule has 0 unspecified atom stereocenters. The number of piperidine rings is 1. The zero-order valence-electron chi connectivity index (χ0n) is 16.5. The van der Waals surface area contributed by atoms with Gasteiger partial charge >= 0.3 is 0 Å². The van der Waals surface area contributed by atoms with Crippen molar-refractivity contribution in [3.8, 4) is 0 Å². The van der Waals surface area contributed by atoms with Gasteiger partial charge in [0.1, 0.15) is 0 Å². The van der Waals surface area contributed by atoms with E-state index in [0.29, 0.717) is 37.1 Å². The Morgan fingerprint density at radius 3 is 2.18 bits per heavy atom. The standard InChI is InChI=1S/C19H25N3O5S/c1-19(2,3)22-17(24)14-6-5-12(11-15(14)18(22)25)16(23)20-13-7-9-21(10-8-13)28(4,26)27/h5-6,11,13H,7-10H2,1-4H3,(H,20,23). The molecule has 9 heteroatoms. The van der Waals surface area contributed by atoms with Crippen LogP contribution in [0.25, 0.3) is 0 Å². The summed E-state index contributed by atoms with van der Waals surface area (Å²) in [5, 5.41) is 2.90. The SMILES string of the molecule is CC(C)(C)N1C(=O)c2ccc(C(=O)NC3CCN(S(C)(=O)=O)CC3)cc2C1=O. The summed E-state index contributed by atoms with van der Waals surface area (Å²) in [6.45, 7) is 6.07. The summed E-state index contributed by atoms with van der Waals surface area (Å²) in [4.78, 5) is 39.0. The highest BCUT2D eigenvalue weighted by Gasteiger charge is 2.42. The van der Waals surface area contributed by atoms with Crippen LogP contribution in [0, 0.1) is 0 Å². The minimum Gasteiger partial charge on any atom is -0.349 e. The molecule has 2 heterocycles. The lowest BCUT2D eigenvalue weighted by Gasteiger charge is -2.30. The Morgan fingerprint density at radius 1 is 1.07 bits per heavy atom. The van der Waals surface area contributed by atoms with Gasteiger partial charge in [-0.05, 0) is 51.8 Å². The number of fused-ring (bicyclic) bond motifs is 1. The second-order valence-corrected chi connectivity index (χ2v) is 10.3. The molecule has 28 heavy (non-hydrogen) atoms. The fourth-order valence-electron chi connectivity index (χ4n) is 3.59. The summed E-state index contributed by atoms with van der Waals surface area (Å²) in [6.07, 6.45) is 2.23. The van der Waals surface area contributed by atoms with E-state index in [2.05, 4.69) is 5.32 Å². The zero-order valence-corrected chi connectivity index (χ0v) is 17.3. The third kappa shape index (κ3) is 3.81. The minimum absolute atomic E-state index is 0.137. The first-order valence-corrected chi connectivity index (χ1v) is 11.0. The number of nitrogens with zero attached hydrogens (tertiary/aromatic N) is 2. The van der Waals surface area contributed by atoms with Gasteiger partial charge in [0.2, 0.25) is 10.0 Å². The number of imide groups is 1. The van der Waals surface area contributed by atoms with Crippen LogP contribution in [0.15, 0.2) is 18.2 Å². The molecule has 1 aromatic carbocycles. The lowest BCUT2D eigenvalue weighted by Crippen LogP contribution is -2.46. The molecule has 0 atom stereocenters. The van der Waals surface area contributed by atoms with Crippen LogP contribution in [0.2, 0.25) is 0 Å². The topological polar surface area (TPSA) is 104 Å². The highest BCUT2D eigenvalue weighted by molar-refractivity contribution is 7.88. The van der Waals surface area contributed by atoms with Crippen molar-refractivity contribution in [1.29, 1.82) is 0 Å². The summed E-state index contributed by atoms with van der Waals surface area (Å²) in [7, 11) is -3.22. The minimum atomic E-state index is -3.22. The number of amides is 3. The Morgan fingerprint density at radius 2 is 1.64 bits per heavy atom.